The molecule has 2 unspecified atom stereocenters. The molecule has 0 amide bonds. The van der Waals surface area contributed by atoms with E-state index in [1.165, 1.54) is 25.0 Å². The fourth-order valence-electron chi connectivity index (χ4n) is 2.28. The SMILES string of the molecule is CCCC1CC1n1c(CC)c[nH]c1=S. The van der Waals surface area contributed by atoms with Crippen molar-refractivity contribution in [2.45, 2.75) is 45.6 Å². The van der Waals surface area contributed by atoms with Crippen molar-refractivity contribution in [3.8, 4) is 0 Å². The Morgan fingerprint density at radius 3 is 3.00 bits per heavy atom. The van der Waals surface area contributed by atoms with Crippen molar-refractivity contribution in [3.63, 3.8) is 0 Å². The van der Waals surface area contributed by atoms with Crippen LogP contribution < -0.4 is 0 Å². The Labute approximate surface area is 90.3 Å². The van der Waals surface area contributed by atoms with E-state index in [-0.39, 0.29) is 0 Å². The van der Waals surface area contributed by atoms with Crippen LogP contribution in [-0.4, -0.2) is 9.55 Å². The third-order valence-electron chi connectivity index (χ3n) is 3.13. The van der Waals surface area contributed by atoms with Crippen molar-refractivity contribution in [1.29, 1.82) is 0 Å². The zero-order valence-corrected chi connectivity index (χ0v) is 9.73. The van der Waals surface area contributed by atoms with Gasteiger partial charge in [0, 0.05) is 17.9 Å². The minimum atomic E-state index is 0.698. The Bertz CT molecular complexity index is 364. The fourth-order valence-corrected chi connectivity index (χ4v) is 2.59. The standard InChI is InChI=1S/C11H18N2S/c1-3-5-8-6-10(8)13-9(4-2)7-12-11(13)14/h7-8,10H,3-6H2,1-2H3,(H,12,14). The second-order valence-electron chi connectivity index (χ2n) is 4.16. The van der Waals surface area contributed by atoms with Gasteiger partial charge in [-0.05, 0) is 37.4 Å². The van der Waals surface area contributed by atoms with Gasteiger partial charge in [0.25, 0.3) is 0 Å². The van der Waals surface area contributed by atoms with Crippen molar-refractivity contribution >= 4 is 12.2 Å². The molecule has 1 heterocycles. The van der Waals surface area contributed by atoms with E-state index < -0.39 is 0 Å². The summed E-state index contributed by atoms with van der Waals surface area (Å²) in [5, 5.41) is 0. The molecule has 0 bridgehead atoms. The minimum Gasteiger partial charge on any atom is -0.337 e. The number of rotatable bonds is 4. The molecule has 2 atom stereocenters. The normalized spacial score (nSPS) is 25.3. The van der Waals surface area contributed by atoms with Crippen LogP contribution >= 0.6 is 12.2 Å². The van der Waals surface area contributed by atoms with Gasteiger partial charge in [-0.25, -0.2) is 0 Å². The highest BCUT2D eigenvalue weighted by atomic mass is 32.1. The Morgan fingerprint density at radius 1 is 1.57 bits per heavy atom. The summed E-state index contributed by atoms with van der Waals surface area (Å²) in [5.41, 5.74) is 1.36. The monoisotopic (exact) mass is 210 g/mol. The van der Waals surface area contributed by atoms with E-state index in [1.54, 1.807) is 0 Å². The lowest BCUT2D eigenvalue weighted by Gasteiger charge is -2.05. The molecule has 1 aliphatic rings. The van der Waals surface area contributed by atoms with Crippen LogP contribution in [0.4, 0.5) is 0 Å². The zero-order valence-electron chi connectivity index (χ0n) is 8.92. The molecule has 0 radical (unpaired) electrons. The van der Waals surface area contributed by atoms with Crippen molar-refractivity contribution in [1.82, 2.24) is 9.55 Å². The first-order valence-corrected chi connectivity index (χ1v) is 5.97. The summed E-state index contributed by atoms with van der Waals surface area (Å²) in [6.07, 6.45) is 7.10. The van der Waals surface area contributed by atoms with Crippen molar-refractivity contribution in [2.75, 3.05) is 0 Å². The molecule has 0 aliphatic heterocycles. The van der Waals surface area contributed by atoms with E-state index in [4.69, 9.17) is 12.2 Å². The summed E-state index contributed by atoms with van der Waals surface area (Å²) in [6.45, 7) is 4.44. The molecule has 14 heavy (non-hydrogen) atoms. The molecule has 1 aliphatic carbocycles. The van der Waals surface area contributed by atoms with Gasteiger partial charge >= 0.3 is 0 Å². The van der Waals surface area contributed by atoms with Gasteiger partial charge in [0.05, 0.1) is 0 Å². The number of nitrogens with zero attached hydrogens (tertiary/aromatic N) is 1. The summed E-state index contributed by atoms with van der Waals surface area (Å²) < 4.78 is 3.24. The Balaban J connectivity index is 2.17. The molecule has 2 rings (SSSR count). The van der Waals surface area contributed by atoms with Gasteiger partial charge in [0.15, 0.2) is 4.77 Å². The number of imidazole rings is 1. The number of aromatic amines is 1. The van der Waals surface area contributed by atoms with Gasteiger partial charge in [0.2, 0.25) is 0 Å². The van der Waals surface area contributed by atoms with Crippen LogP contribution in [0.25, 0.3) is 0 Å². The highest BCUT2D eigenvalue weighted by Gasteiger charge is 2.38. The average Bonchev–Trinajstić information content (AvgIpc) is 2.82. The summed E-state index contributed by atoms with van der Waals surface area (Å²) >= 11 is 5.30. The van der Waals surface area contributed by atoms with Crippen LogP contribution in [0.5, 0.6) is 0 Å². The van der Waals surface area contributed by atoms with Crippen LogP contribution in [-0.2, 0) is 6.42 Å². The average molecular weight is 210 g/mol. The smallest absolute Gasteiger partial charge is 0.177 e. The van der Waals surface area contributed by atoms with Gasteiger partial charge in [-0.3, -0.25) is 0 Å². The molecular formula is C11H18N2S. The van der Waals surface area contributed by atoms with Crippen LogP contribution in [0.1, 0.15) is 44.8 Å². The van der Waals surface area contributed by atoms with Crippen molar-refractivity contribution in [3.05, 3.63) is 16.7 Å². The molecular weight excluding hydrogens is 192 g/mol. The summed E-state index contributed by atoms with van der Waals surface area (Å²) in [7, 11) is 0. The number of H-pyrrole nitrogens is 1. The van der Waals surface area contributed by atoms with E-state index in [0.717, 1.165) is 17.1 Å². The second kappa shape index (κ2) is 3.89. The molecule has 0 spiro atoms. The minimum absolute atomic E-state index is 0.698. The van der Waals surface area contributed by atoms with Gasteiger partial charge in [-0.1, -0.05) is 20.3 Å². The van der Waals surface area contributed by atoms with Gasteiger partial charge in [-0.15, -0.1) is 0 Å². The number of aryl methyl sites for hydroxylation is 1. The predicted molar refractivity (Wildman–Crippen MR) is 61.0 cm³/mol. The Morgan fingerprint density at radius 2 is 2.36 bits per heavy atom. The molecule has 1 saturated carbocycles. The highest BCUT2D eigenvalue weighted by Crippen LogP contribution is 2.47. The first-order valence-electron chi connectivity index (χ1n) is 5.56. The first-order chi connectivity index (χ1) is 6.77. The molecule has 1 fully saturated rings. The third kappa shape index (κ3) is 1.65. The molecule has 1 aromatic heterocycles. The van der Waals surface area contributed by atoms with E-state index in [2.05, 4.69) is 29.6 Å². The van der Waals surface area contributed by atoms with Crippen molar-refractivity contribution < 1.29 is 0 Å². The quantitative estimate of drug-likeness (QED) is 0.755. The molecule has 78 valence electrons. The summed E-state index contributed by atoms with van der Waals surface area (Å²) in [6, 6.07) is 0.698. The molecule has 0 aromatic carbocycles. The molecule has 1 aromatic rings. The topological polar surface area (TPSA) is 20.7 Å². The van der Waals surface area contributed by atoms with Gasteiger partial charge < -0.3 is 9.55 Å². The maximum Gasteiger partial charge on any atom is 0.177 e. The maximum absolute atomic E-state index is 5.30. The van der Waals surface area contributed by atoms with Crippen LogP contribution in [0.3, 0.4) is 0 Å². The molecule has 2 nitrogen and oxygen atoms in total. The third-order valence-corrected chi connectivity index (χ3v) is 3.44. The number of aromatic nitrogens is 2. The lowest BCUT2D eigenvalue weighted by molar-refractivity contribution is 0.588. The second-order valence-corrected chi connectivity index (χ2v) is 4.55. The molecule has 1 N–H and O–H groups in total. The Kier molecular flexibility index (Phi) is 2.77. The fraction of sp³-hybridized carbons (Fsp3) is 0.727. The van der Waals surface area contributed by atoms with Gasteiger partial charge in [-0.2, -0.15) is 0 Å². The largest absolute Gasteiger partial charge is 0.337 e. The van der Waals surface area contributed by atoms with Crippen LogP contribution in [0.15, 0.2) is 6.20 Å². The molecule has 3 heteroatoms. The van der Waals surface area contributed by atoms with E-state index in [0.29, 0.717) is 6.04 Å². The van der Waals surface area contributed by atoms with Crippen molar-refractivity contribution in [2.24, 2.45) is 5.92 Å². The van der Waals surface area contributed by atoms with E-state index >= 15 is 0 Å². The van der Waals surface area contributed by atoms with E-state index in [1.807, 2.05) is 0 Å². The van der Waals surface area contributed by atoms with Crippen LogP contribution in [0.2, 0.25) is 0 Å². The lowest BCUT2D eigenvalue weighted by atomic mass is 10.2. The predicted octanol–water partition coefficient (Wildman–Crippen LogP) is 3.47. The van der Waals surface area contributed by atoms with Gasteiger partial charge in [0.1, 0.15) is 0 Å². The molecule has 0 saturated heterocycles. The van der Waals surface area contributed by atoms with Crippen LogP contribution in [0, 0.1) is 10.7 Å². The zero-order chi connectivity index (χ0) is 10.1. The maximum atomic E-state index is 5.30. The highest BCUT2D eigenvalue weighted by molar-refractivity contribution is 7.71. The lowest BCUT2D eigenvalue weighted by Crippen LogP contribution is -2.01. The summed E-state index contributed by atoms with van der Waals surface area (Å²) in [5.74, 6) is 0.882. The number of hydrogen-bond acceptors (Lipinski definition) is 1. The Hall–Kier alpha value is -0.570. The number of nitrogens with one attached hydrogen (secondary N) is 1. The van der Waals surface area contributed by atoms with E-state index in [9.17, 15) is 0 Å². The summed E-state index contributed by atoms with van der Waals surface area (Å²) in [4.78, 5) is 3.15. The number of hydrogen-bond donors (Lipinski definition) is 1. The first kappa shape index (κ1) is 9.97.